The zero-order valence-electron chi connectivity index (χ0n) is 19.6. The van der Waals surface area contributed by atoms with Gasteiger partial charge in [-0.2, -0.15) is 5.10 Å². The van der Waals surface area contributed by atoms with Gasteiger partial charge in [0.2, 0.25) is 5.91 Å². The van der Waals surface area contributed by atoms with E-state index in [1.54, 1.807) is 36.1 Å². The summed E-state index contributed by atoms with van der Waals surface area (Å²) in [6, 6.07) is 15.6. The molecule has 0 radical (unpaired) electrons. The van der Waals surface area contributed by atoms with Crippen molar-refractivity contribution in [1.82, 2.24) is 20.0 Å². The second kappa shape index (κ2) is 10.7. The number of benzene rings is 2. The lowest BCUT2D eigenvalue weighted by atomic mass is 9.99. The molecule has 33 heavy (non-hydrogen) atoms. The molecule has 0 bridgehead atoms. The summed E-state index contributed by atoms with van der Waals surface area (Å²) in [5.74, 6) is 0.0616. The van der Waals surface area contributed by atoms with Crippen molar-refractivity contribution in [3.05, 3.63) is 88.7 Å². The molecular formula is C26H31N5O2. The first-order valence-electron chi connectivity index (χ1n) is 11.0. The topological polar surface area (TPSA) is 91.1 Å². The van der Waals surface area contributed by atoms with Crippen LogP contribution in [0.4, 0.5) is 0 Å². The van der Waals surface area contributed by atoms with Crippen molar-refractivity contribution in [3.63, 3.8) is 0 Å². The fraction of sp³-hybridized carbons (Fsp3) is 0.308. The molecule has 172 valence electrons. The highest BCUT2D eigenvalue weighted by Gasteiger charge is 2.10. The van der Waals surface area contributed by atoms with Crippen LogP contribution >= 0.6 is 0 Å². The van der Waals surface area contributed by atoms with Crippen LogP contribution in [0.25, 0.3) is 0 Å². The van der Waals surface area contributed by atoms with Crippen LogP contribution in [0.1, 0.15) is 46.5 Å². The summed E-state index contributed by atoms with van der Waals surface area (Å²) in [5.41, 5.74) is 4.99. The van der Waals surface area contributed by atoms with Gasteiger partial charge >= 0.3 is 0 Å². The Kier molecular flexibility index (Phi) is 7.77. The number of likely N-dealkylation sites (N-methyl/N-ethyl adjacent to an activating group) is 1. The summed E-state index contributed by atoms with van der Waals surface area (Å²) in [4.78, 5) is 25.9. The van der Waals surface area contributed by atoms with Crippen molar-refractivity contribution >= 4 is 17.5 Å². The monoisotopic (exact) mass is 445 g/mol. The zero-order valence-corrected chi connectivity index (χ0v) is 19.6. The fourth-order valence-corrected chi connectivity index (χ4v) is 3.27. The van der Waals surface area contributed by atoms with Gasteiger partial charge < -0.3 is 15.6 Å². The molecule has 7 nitrogen and oxygen atoms in total. The van der Waals surface area contributed by atoms with E-state index in [1.807, 2.05) is 62.4 Å². The van der Waals surface area contributed by atoms with Crippen LogP contribution in [0.3, 0.4) is 0 Å². The number of nitrogens with one attached hydrogen (secondary N) is 2. The third kappa shape index (κ3) is 6.62. The maximum atomic E-state index is 12.5. The maximum absolute atomic E-state index is 12.5. The lowest BCUT2D eigenvalue weighted by Crippen LogP contribution is -2.23. The highest BCUT2D eigenvalue weighted by atomic mass is 16.2. The van der Waals surface area contributed by atoms with E-state index in [4.69, 9.17) is 5.41 Å². The number of aromatic nitrogens is 2. The van der Waals surface area contributed by atoms with Gasteiger partial charge in [-0.3, -0.25) is 14.3 Å². The predicted molar refractivity (Wildman–Crippen MR) is 129 cm³/mol. The molecule has 0 saturated carbocycles. The van der Waals surface area contributed by atoms with Crippen molar-refractivity contribution < 1.29 is 9.59 Å². The molecule has 0 aliphatic heterocycles. The molecule has 1 aromatic heterocycles. The first-order chi connectivity index (χ1) is 15.7. The maximum Gasteiger partial charge on any atom is 0.254 e. The molecule has 3 rings (SSSR count). The summed E-state index contributed by atoms with van der Waals surface area (Å²) in [7, 11) is 3.50. The second-order valence-electron chi connectivity index (χ2n) is 8.66. The van der Waals surface area contributed by atoms with E-state index in [0.29, 0.717) is 30.8 Å². The average molecular weight is 446 g/mol. The first-order valence-corrected chi connectivity index (χ1v) is 11.0. The Morgan fingerprint density at radius 1 is 0.970 bits per heavy atom. The Morgan fingerprint density at radius 3 is 2.18 bits per heavy atom. The third-order valence-corrected chi connectivity index (χ3v) is 5.41. The van der Waals surface area contributed by atoms with E-state index in [9.17, 15) is 9.59 Å². The number of amides is 2. The first kappa shape index (κ1) is 23.9. The van der Waals surface area contributed by atoms with Gasteiger partial charge in [0, 0.05) is 32.5 Å². The summed E-state index contributed by atoms with van der Waals surface area (Å²) in [6.07, 6.45) is 3.67. The molecule has 2 aromatic carbocycles. The van der Waals surface area contributed by atoms with Crippen molar-refractivity contribution in [2.45, 2.75) is 33.4 Å². The number of hydrogen-bond acceptors (Lipinski definition) is 4. The van der Waals surface area contributed by atoms with E-state index in [-0.39, 0.29) is 17.7 Å². The molecule has 2 N–H and O–H groups in total. The van der Waals surface area contributed by atoms with Gasteiger partial charge in [-0.25, -0.2) is 0 Å². The molecular weight excluding hydrogens is 414 g/mol. The quantitative estimate of drug-likeness (QED) is 0.494. The number of nitrogens with zero attached hydrogens (tertiary/aromatic N) is 3. The van der Waals surface area contributed by atoms with Gasteiger partial charge in [-0.1, -0.05) is 62.4 Å². The number of rotatable bonds is 9. The molecule has 7 heteroatoms. The Hall–Kier alpha value is -3.74. The molecule has 1 heterocycles. The summed E-state index contributed by atoms with van der Waals surface area (Å²) in [6.45, 7) is 4.95. The average Bonchev–Trinajstić information content (AvgIpc) is 3.27. The van der Waals surface area contributed by atoms with Gasteiger partial charge in [0.1, 0.15) is 0 Å². The largest absolute Gasteiger partial charge is 0.349 e. The minimum atomic E-state index is -0.183. The molecule has 3 aromatic rings. The highest BCUT2D eigenvalue weighted by molar-refractivity contribution is 5.99. The molecule has 0 atom stereocenters. The molecule has 2 amide bonds. The highest BCUT2D eigenvalue weighted by Crippen LogP contribution is 2.11. The van der Waals surface area contributed by atoms with Crippen molar-refractivity contribution in [3.8, 4) is 0 Å². The standard InChI is InChI=1S/C26H31N5O2/c1-18(2)25(27)22-11-9-20(10-12-22)14-28-26(33)23-15-29-31(17-23)16-21-7-5-19(6-8-21)13-24(32)30(3)4/h5-12,15,17-18,27H,13-14,16H2,1-4H3,(H,28,33). The summed E-state index contributed by atoms with van der Waals surface area (Å²) < 4.78 is 1.72. The molecule has 0 aliphatic carbocycles. The fourth-order valence-electron chi connectivity index (χ4n) is 3.27. The Labute approximate surface area is 194 Å². The van der Waals surface area contributed by atoms with Crippen molar-refractivity contribution in [1.29, 1.82) is 5.41 Å². The molecule has 0 spiro atoms. The normalized spacial score (nSPS) is 10.8. The van der Waals surface area contributed by atoms with E-state index in [0.717, 1.165) is 22.3 Å². The SMILES string of the molecule is CC(C)C(=N)c1ccc(CNC(=O)c2cnn(Cc3ccc(CC(=O)N(C)C)cc3)c2)cc1. The Morgan fingerprint density at radius 2 is 1.58 bits per heavy atom. The number of carbonyl (C=O) groups excluding carboxylic acids is 2. The van der Waals surface area contributed by atoms with Crippen molar-refractivity contribution in [2.24, 2.45) is 5.92 Å². The van der Waals surface area contributed by atoms with Crippen LogP contribution in [0.15, 0.2) is 60.9 Å². The molecule has 0 aliphatic rings. The van der Waals surface area contributed by atoms with Crippen LogP contribution < -0.4 is 5.32 Å². The Balaban J connectivity index is 1.53. The smallest absolute Gasteiger partial charge is 0.254 e. The second-order valence-corrected chi connectivity index (χ2v) is 8.66. The van der Waals surface area contributed by atoms with E-state index in [2.05, 4.69) is 10.4 Å². The zero-order chi connectivity index (χ0) is 24.0. The van der Waals surface area contributed by atoms with Gasteiger partial charge in [0.05, 0.1) is 24.7 Å². The van der Waals surface area contributed by atoms with Gasteiger partial charge in [0.15, 0.2) is 0 Å². The van der Waals surface area contributed by atoms with E-state index < -0.39 is 0 Å². The molecule has 0 saturated heterocycles. The minimum Gasteiger partial charge on any atom is -0.349 e. The van der Waals surface area contributed by atoms with Crippen LogP contribution in [0.2, 0.25) is 0 Å². The summed E-state index contributed by atoms with van der Waals surface area (Å²) >= 11 is 0. The van der Waals surface area contributed by atoms with Gasteiger partial charge in [-0.15, -0.1) is 0 Å². The van der Waals surface area contributed by atoms with Gasteiger partial charge in [0.25, 0.3) is 5.91 Å². The third-order valence-electron chi connectivity index (χ3n) is 5.41. The lowest BCUT2D eigenvalue weighted by Gasteiger charge is -2.10. The lowest BCUT2D eigenvalue weighted by molar-refractivity contribution is -0.127. The van der Waals surface area contributed by atoms with Gasteiger partial charge in [-0.05, 0) is 28.2 Å². The van der Waals surface area contributed by atoms with E-state index >= 15 is 0 Å². The number of hydrogen-bond donors (Lipinski definition) is 2. The molecule has 0 fully saturated rings. The van der Waals surface area contributed by atoms with Crippen molar-refractivity contribution in [2.75, 3.05) is 14.1 Å². The molecule has 0 unspecified atom stereocenters. The minimum absolute atomic E-state index is 0.0662. The van der Waals surface area contributed by atoms with Crippen LogP contribution in [0.5, 0.6) is 0 Å². The van der Waals surface area contributed by atoms with Crippen LogP contribution in [0, 0.1) is 11.3 Å². The van der Waals surface area contributed by atoms with E-state index in [1.165, 1.54) is 0 Å². The predicted octanol–water partition coefficient (Wildman–Crippen LogP) is 3.52. The Bertz CT molecular complexity index is 1110. The summed E-state index contributed by atoms with van der Waals surface area (Å²) in [5, 5.41) is 15.3. The number of carbonyl (C=O) groups is 2. The van der Waals surface area contributed by atoms with Crippen LogP contribution in [-0.2, 0) is 24.3 Å². The van der Waals surface area contributed by atoms with Crippen LogP contribution in [-0.4, -0.2) is 46.3 Å².